The summed E-state index contributed by atoms with van der Waals surface area (Å²) in [5, 5.41) is 8.15. The lowest BCUT2D eigenvalue weighted by atomic mass is 10.0. The first-order chi connectivity index (χ1) is 8.54. The van der Waals surface area contributed by atoms with Crippen LogP contribution in [0, 0.1) is 3.57 Å². The first-order valence-electron chi connectivity index (χ1n) is 5.34. The molecule has 2 rings (SSSR count). The smallest absolute Gasteiger partial charge is 0.0837 e. The highest BCUT2D eigenvalue weighted by Crippen LogP contribution is 2.32. The van der Waals surface area contributed by atoms with E-state index >= 15 is 0 Å². The zero-order chi connectivity index (χ0) is 13.3. The average molecular weight is 441 g/mol. The molecule has 1 atom stereocenters. The van der Waals surface area contributed by atoms with Crippen LogP contribution >= 0.6 is 50.1 Å². The van der Waals surface area contributed by atoms with Gasteiger partial charge in [-0.2, -0.15) is 5.10 Å². The highest BCUT2D eigenvalue weighted by molar-refractivity contribution is 14.1. The third-order valence-corrected chi connectivity index (χ3v) is 4.45. The van der Waals surface area contributed by atoms with Crippen molar-refractivity contribution in [2.45, 2.75) is 6.04 Å². The van der Waals surface area contributed by atoms with E-state index in [0.717, 1.165) is 15.7 Å². The van der Waals surface area contributed by atoms with Crippen LogP contribution in [0.15, 0.2) is 28.9 Å². The Hall–Kier alpha value is -0.110. The highest BCUT2D eigenvalue weighted by atomic mass is 127. The molecule has 3 nitrogen and oxygen atoms in total. The van der Waals surface area contributed by atoms with Crippen molar-refractivity contribution in [3.8, 4) is 0 Å². The Morgan fingerprint density at radius 1 is 1.50 bits per heavy atom. The first kappa shape index (κ1) is 14.3. The topological polar surface area (TPSA) is 29.9 Å². The molecule has 18 heavy (non-hydrogen) atoms. The van der Waals surface area contributed by atoms with Crippen molar-refractivity contribution in [3.63, 3.8) is 0 Å². The fraction of sp³-hybridized carbons (Fsp3) is 0.250. The van der Waals surface area contributed by atoms with Crippen molar-refractivity contribution in [2.75, 3.05) is 7.05 Å². The van der Waals surface area contributed by atoms with Gasteiger partial charge in [-0.1, -0.05) is 27.5 Å². The van der Waals surface area contributed by atoms with E-state index in [2.05, 4.69) is 61.1 Å². The molecule has 0 aliphatic heterocycles. The van der Waals surface area contributed by atoms with Gasteiger partial charge in [0.2, 0.25) is 0 Å². The molecule has 0 radical (unpaired) electrons. The molecule has 1 aromatic heterocycles. The molecular weight excluding hydrogens is 428 g/mol. The number of nitrogens with zero attached hydrogens (tertiary/aromatic N) is 2. The van der Waals surface area contributed by atoms with E-state index in [1.807, 2.05) is 20.2 Å². The Kier molecular flexibility index (Phi) is 4.69. The Morgan fingerprint density at radius 2 is 2.22 bits per heavy atom. The van der Waals surface area contributed by atoms with Crippen LogP contribution in [0.25, 0.3) is 0 Å². The second-order valence-electron chi connectivity index (χ2n) is 3.89. The van der Waals surface area contributed by atoms with Gasteiger partial charge in [0.15, 0.2) is 0 Å². The van der Waals surface area contributed by atoms with Crippen LogP contribution in [-0.2, 0) is 7.05 Å². The maximum Gasteiger partial charge on any atom is 0.0837 e. The number of nitrogens with one attached hydrogen (secondary N) is 1. The predicted octanol–water partition coefficient (Wildman–Crippen LogP) is 3.75. The van der Waals surface area contributed by atoms with Crippen molar-refractivity contribution < 1.29 is 0 Å². The standard InChI is InChI=1S/C12H12BrClIN3/c1-16-11(12-10(14)6-17-18(12)2)8-5-7(15)3-4-9(8)13/h3-6,11,16H,1-2H3. The molecule has 1 heterocycles. The molecule has 0 fully saturated rings. The van der Waals surface area contributed by atoms with Gasteiger partial charge < -0.3 is 5.32 Å². The largest absolute Gasteiger partial charge is 0.308 e. The number of benzene rings is 1. The van der Waals surface area contributed by atoms with Gasteiger partial charge >= 0.3 is 0 Å². The molecule has 1 unspecified atom stereocenters. The lowest BCUT2D eigenvalue weighted by molar-refractivity contribution is 0.604. The first-order valence-corrected chi connectivity index (χ1v) is 7.59. The summed E-state index contributed by atoms with van der Waals surface area (Å²) < 4.78 is 4.04. The van der Waals surface area contributed by atoms with Crippen molar-refractivity contribution >= 4 is 50.1 Å². The fourth-order valence-corrected chi connectivity index (χ4v) is 3.19. The van der Waals surface area contributed by atoms with E-state index in [1.54, 1.807) is 10.9 Å². The van der Waals surface area contributed by atoms with Crippen molar-refractivity contribution in [1.29, 1.82) is 0 Å². The Morgan fingerprint density at radius 3 is 2.78 bits per heavy atom. The van der Waals surface area contributed by atoms with Gasteiger partial charge in [0.25, 0.3) is 0 Å². The van der Waals surface area contributed by atoms with Gasteiger partial charge in [-0.3, -0.25) is 4.68 Å². The summed E-state index contributed by atoms with van der Waals surface area (Å²) in [6.45, 7) is 0. The maximum atomic E-state index is 6.22. The van der Waals surface area contributed by atoms with Crippen LogP contribution < -0.4 is 5.32 Å². The molecule has 0 bridgehead atoms. The molecule has 1 aromatic carbocycles. The molecule has 6 heteroatoms. The Balaban J connectivity index is 2.55. The minimum atomic E-state index is 0.00842. The molecule has 0 amide bonds. The lowest BCUT2D eigenvalue weighted by Crippen LogP contribution is -2.21. The van der Waals surface area contributed by atoms with Gasteiger partial charge in [0.1, 0.15) is 0 Å². The van der Waals surface area contributed by atoms with E-state index in [1.165, 1.54) is 3.57 Å². The number of halogens is 3. The number of hydrogen-bond acceptors (Lipinski definition) is 2. The number of hydrogen-bond donors (Lipinski definition) is 1. The number of aromatic nitrogens is 2. The summed E-state index contributed by atoms with van der Waals surface area (Å²) in [6, 6.07) is 6.25. The molecule has 0 aliphatic rings. The summed E-state index contributed by atoms with van der Waals surface area (Å²) in [4.78, 5) is 0. The number of aryl methyl sites for hydroxylation is 1. The van der Waals surface area contributed by atoms with Crippen LogP contribution in [0.4, 0.5) is 0 Å². The summed E-state index contributed by atoms with van der Waals surface area (Å²) in [6.07, 6.45) is 1.67. The molecular formula is C12H12BrClIN3. The van der Waals surface area contributed by atoms with Crippen LogP contribution in [0.5, 0.6) is 0 Å². The molecule has 0 spiro atoms. The Bertz CT molecular complexity index is 551. The fourth-order valence-electron chi connectivity index (χ4n) is 1.92. The van der Waals surface area contributed by atoms with Gasteiger partial charge in [0, 0.05) is 15.1 Å². The van der Waals surface area contributed by atoms with Crippen LogP contribution in [0.1, 0.15) is 17.3 Å². The molecule has 1 N–H and O–H groups in total. The van der Waals surface area contributed by atoms with E-state index in [9.17, 15) is 0 Å². The molecule has 96 valence electrons. The summed E-state index contributed by atoms with van der Waals surface area (Å²) >= 11 is 12.1. The highest BCUT2D eigenvalue weighted by Gasteiger charge is 2.21. The molecule has 0 saturated carbocycles. The summed E-state index contributed by atoms with van der Waals surface area (Å²) in [5.41, 5.74) is 2.11. The zero-order valence-electron chi connectivity index (χ0n) is 9.92. The summed E-state index contributed by atoms with van der Waals surface area (Å²) in [5.74, 6) is 0. The normalized spacial score (nSPS) is 12.7. The van der Waals surface area contributed by atoms with Crippen molar-refractivity contribution in [2.24, 2.45) is 7.05 Å². The zero-order valence-corrected chi connectivity index (χ0v) is 14.4. The lowest BCUT2D eigenvalue weighted by Gasteiger charge is -2.19. The maximum absolute atomic E-state index is 6.22. The van der Waals surface area contributed by atoms with Gasteiger partial charge in [-0.15, -0.1) is 0 Å². The number of rotatable bonds is 3. The summed E-state index contributed by atoms with van der Waals surface area (Å²) in [7, 11) is 3.81. The monoisotopic (exact) mass is 439 g/mol. The van der Waals surface area contributed by atoms with Crippen LogP contribution in [-0.4, -0.2) is 16.8 Å². The van der Waals surface area contributed by atoms with Crippen LogP contribution in [0.3, 0.4) is 0 Å². The van der Waals surface area contributed by atoms with E-state index in [-0.39, 0.29) is 6.04 Å². The SMILES string of the molecule is CNC(c1cc(I)ccc1Br)c1c(Cl)cnn1C. The third-order valence-electron chi connectivity index (χ3n) is 2.77. The Labute approximate surface area is 133 Å². The minimum Gasteiger partial charge on any atom is -0.308 e. The van der Waals surface area contributed by atoms with Crippen molar-refractivity contribution in [1.82, 2.24) is 15.1 Å². The van der Waals surface area contributed by atoms with Crippen LogP contribution in [0.2, 0.25) is 5.02 Å². The molecule has 0 saturated heterocycles. The quantitative estimate of drug-likeness (QED) is 0.737. The van der Waals surface area contributed by atoms with Crippen molar-refractivity contribution in [3.05, 3.63) is 48.7 Å². The third kappa shape index (κ3) is 2.74. The molecule has 2 aromatic rings. The average Bonchev–Trinajstić information content (AvgIpc) is 2.66. The van der Waals surface area contributed by atoms with Gasteiger partial charge in [-0.05, 0) is 53.4 Å². The van der Waals surface area contributed by atoms with E-state index < -0.39 is 0 Å². The van der Waals surface area contributed by atoms with E-state index in [0.29, 0.717) is 5.02 Å². The molecule has 0 aliphatic carbocycles. The second kappa shape index (κ2) is 5.90. The van der Waals surface area contributed by atoms with Gasteiger partial charge in [-0.25, -0.2) is 0 Å². The minimum absolute atomic E-state index is 0.00842. The van der Waals surface area contributed by atoms with E-state index in [4.69, 9.17) is 11.6 Å². The van der Waals surface area contributed by atoms with Gasteiger partial charge in [0.05, 0.1) is 23.0 Å². The second-order valence-corrected chi connectivity index (χ2v) is 6.40. The predicted molar refractivity (Wildman–Crippen MR) is 86.0 cm³/mol.